The van der Waals surface area contributed by atoms with E-state index in [9.17, 15) is 53.7 Å². The van der Waals surface area contributed by atoms with E-state index >= 15 is 0 Å². The van der Waals surface area contributed by atoms with Crippen LogP contribution < -0.4 is 10.6 Å². The second kappa shape index (κ2) is 18.4. The molecule has 2 heterocycles. The maximum Gasteiger partial charge on any atom is 0.483 e. The number of phosphoric ester groups is 2. The summed E-state index contributed by atoms with van der Waals surface area (Å²) in [6, 6.07) is -3.27. The summed E-state index contributed by atoms with van der Waals surface area (Å²) in [7, 11) is -5.63. The van der Waals surface area contributed by atoms with Gasteiger partial charge in [-0.2, -0.15) is 4.31 Å². The van der Waals surface area contributed by atoms with Crippen LogP contribution in [0.25, 0.3) is 0 Å². The molecule has 50 heavy (non-hydrogen) atoms. The van der Waals surface area contributed by atoms with Crippen LogP contribution in [-0.4, -0.2) is 142 Å². The van der Waals surface area contributed by atoms with Crippen molar-refractivity contribution in [3.05, 3.63) is 11.6 Å². The Balaban J connectivity index is 2.53. The van der Waals surface area contributed by atoms with Gasteiger partial charge >= 0.3 is 15.6 Å². The first-order valence-electron chi connectivity index (χ1n) is 15.3. The number of aliphatic hydroxyl groups is 4. The summed E-state index contributed by atoms with van der Waals surface area (Å²) in [5.74, 6) is -1.54. The van der Waals surface area contributed by atoms with Crippen LogP contribution in [0.3, 0.4) is 0 Å². The van der Waals surface area contributed by atoms with Crippen LogP contribution in [0.5, 0.6) is 0 Å². The second-order valence-electron chi connectivity index (χ2n) is 12.6. The lowest BCUT2D eigenvalue weighted by atomic mass is 9.93. The summed E-state index contributed by atoms with van der Waals surface area (Å²) >= 11 is 0. The third-order valence-electron chi connectivity index (χ3n) is 7.31. The molecule has 286 valence electrons. The average molecular weight is 760 g/mol. The van der Waals surface area contributed by atoms with Gasteiger partial charge in [0, 0.05) is 13.8 Å². The summed E-state index contributed by atoms with van der Waals surface area (Å²) in [5.41, 5.74) is -1.55. The number of carbonyl (C=O) groups excluding carboxylic acids is 3. The maximum absolute atomic E-state index is 13.1. The molecule has 2 amide bonds. The van der Waals surface area contributed by atoms with Crippen molar-refractivity contribution in [3.63, 3.8) is 0 Å². The van der Waals surface area contributed by atoms with E-state index in [0.717, 1.165) is 19.4 Å². The van der Waals surface area contributed by atoms with Crippen LogP contribution in [0.4, 0.5) is 0 Å². The Morgan fingerprint density at radius 2 is 1.42 bits per heavy atom. The Kier molecular flexibility index (Phi) is 16.4. The monoisotopic (exact) mass is 760 g/mol. The third-order valence-corrected chi connectivity index (χ3v) is 10.2. The molecule has 0 spiro atoms. The molecular formula is C27H47BN2O18P2. The summed E-state index contributed by atoms with van der Waals surface area (Å²) in [4.78, 5) is 57.3. The molecule has 2 rings (SSSR count). The number of amides is 2. The van der Waals surface area contributed by atoms with Gasteiger partial charge in [0.05, 0.1) is 18.8 Å². The number of phosphoric acid groups is 2. The van der Waals surface area contributed by atoms with Crippen LogP contribution in [0, 0.1) is 0 Å². The molecule has 0 saturated carbocycles. The highest BCUT2D eigenvalue weighted by atomic mass is 31.3. The van der Waals surface area contributed by atoms with Gasteiger partial charge in [-0.05, 0) is 41.0 Å². The first-order chi connectivity index (χ1) is 22.9. The van der Waals surface area contributed by atoms with Gasteiger partial charge in [-0.3, -0.25) is 18.6 Å². The Labute approximate surface area is 290 Å². The minimum Gasteiger partial charge on any atom is -0.394 e. The first-order valence-corrected chi connectivity index (χ1v) is 18.3. The zero-order valence-electron chi connectivity index (χ0n) is 28.6. The Morgan fingerprint density at radius 1 is 0.880 bits per heavy atom. The molecule has 0 aliphatic carbocycles. The van der Waals surface area contributed by atoms with E-state index in [1.165, 1.54) is 20.8 Å². The lowest BCUT2D eigenvalue weighted by Crippen LogP contribution is -2.70. The molecule has 8 N–H and O–H groups in total. The highest BCUT2D eigenvalue weighted by Crippen LogP contribution is 2.63. The molecule has 20 nitrogen and oxygen atoms in total. The fraction of sp³-hybridized carbons (Fsp3) is 0.815. The van der Waals surface area contributed by atoms with Crippen molar-refractivity contribution >= 4 is 41.0 Å². The van der Waals surface area contributed by atoms with E-state index in [-0.39, 0.29) is 6.42 Å². The topological polar surface area (TPSA) is 295 Å². The van der Waals surface area contributed by atoms with Crippen LogP contribution in [0.15, 0.2) is 11.6 Å². The SMILES string of the molecule is [B]C(=O)[C@@H](C)O[C@@H]1[C@@H](NC(C)=O)[C@@H](OP(=O)(O)OP(=O)(O)OC(C)(C)CC=C(C)C)O[C@H](CO)[C@H]1O[C@H]1O[C@H](CO)[C@@H](O)[C@H](O)[C@H]1NC(C)=O. The predicted octanol–water partition coefficient (Wildman–Crippen LogP) is -1.61. The number of rotatable bonds is 17. The largest absolute Gasteiger partial charge is 0.483 e. The molecule has 23 heteroatoms. The number of aliphatic hydroxyl groups excluding tert-OH is 4. The quantitative estimate of drug-likeness (QED) is 0.0470. The fourth-order valence-corrected chi connectivity index (χ4v) is 7.47. The van der Waals surface area contributed by atoms with Gasteiger partial charge in [0.2, 0.25) is 11.8 Å². The highest BCUT2D eigenvalue weighted by Gasteiger charge is 2.55. The highest BCUT2D eigenvalue weighted by molar-refractivity contribution is 7.61. The number of hydrogen-bond donors (Lipinski definition) is 8. The molecule has 0 bridgehead atoms. The van der Waals surface area contributed by atoms with Crippen LogP contribution in [0.2, 0.25) is 0 Å². The minimum absolute atomic E-state index is 0.106. The molecule has 2 aliphatic rings. The van der Waals surface area contributed by atoms with Gasteiger partial charge in [-0.1, -0.05) is 11.6 Å². The van der Waals surface area contributed by atoms with Gasteiger partial charge < -0.3 is 64.6 Å². The average Bonchev–Trinajstić information content (AvgIpc) is 2.96. The molecule has 13 atom stereocenters. The molecule has 2 aliphatic heterocycles. The van der Waals surface area contributed by atoms with E-state index in [2.05, 4.69) is 14.9 Å². The Bertz CT molecular complexity index is 1320. The normalized spacial score (nSPS) is 33.3. The second-order valence-corrected chi connectivity index (χ2v) is 15.5. The van der Waals surface area contributed by atoms with Crippen molar-refractivity contribution in [1.82, 2.24) is 10.6 Å². The van der Waals surface area contributed by atoms with Gasteiger partial charge in [-0.25, -0.2) is 9.13 Å². The predicted molar refractivity (Wildman–Crippen MR) is 170 cm³/mol. The van der Waals surface area contributed by atoms with Gasteiger partial charge in [0.15, 0.2) is 20.4 Å². The standard InChI is InChI=1S/C27H47BN2O18P2/c1-12(2)8-9-27(6,7)47-50(40,41)48-49(38,39)46-26-19(30-15(5)34)23(42-13(3)24(28)37)22(17(11-32)44-26)45-25-18(29-14(4)33)21(36)20(35)16(10-31)43-25/h8,13,16-23,25-26,31-32,35-36H,9-11H2,1-7H3,(H,29,33)(H,30,34)(H,38,39)(H,40,41)/t13-,16-,17-,18-,19-,20-,21-,22-,23-,25-,26-/m1/s1. The van der Waals surface area contributed by atoms with Crippen molar-refractivity contribution in [2.75, 3.05) is 13.2 Å². The summed E-state index contributed by atoms with van der Waals surface area (Å²) in [6.45, 7) is 7.85. The number of ether oxygens (including phenoxy) is 4. The molecule has 2 unspecified atom stereocenters. The number of hydrogen-bond acceptors (Lipinski definition) is 16. The minimum atomic E-state index is -5.67. The van der Waals surface area contributed by atoms with E-state index in [1.54, 1.807) is 19.9 Å². The lowest BCUT2D eigenvalue weighted by molar-refractivity contribution is -0.331. The summed E-state index contributed by atoms with van der Waals surface area (Å²) < 4.78 is 63.7. The molecular weight excluding hydrogens is 713 g/mol. The first kappa shape index (κ1) is 44.5. The molecule has 2 radical (unpaired) electrons. The van der Waals surface area contributed by atoms with Crippen molar-refractivity contribution in [1.29, 1.82) is 0 Å². The zero-order chi connectivity index (χ0) is 38.4. The molecule has 2 fully saturated rings. The van der Waals surface area contributed by atoms with Gasteiger partial charge in [-0.15, -0.1) is 0 Å². The molecule has 0 aromatic carbocycles. The number of allylic oxidation sites excluding steroid dienone is 1. The Morgan fingerprint density at radius 3 is 1.92 bits per heavy atom. The number of carbonyl (C=O) groups is 3. The van der Waals surface area contributed by atoms with Crippen LogP contribution in [0.1, 0.15) is 54.9 Å². The summed E-state index contributed by atoms with van der Waals surface area (Å²) in [6.07, 6.45) is -13.6. The van der Waals surface area contributed by atoms with E-state index in [0.29, 0.717) is 0 Å². The van der Waals surface area contributed by atoms with Crippen LogP contribution >= 0.6 is 15.6 Å². The lowest BCUT2D eigenvalue weighted by Gasteiger charge is -2.49. The van der Waals surface area contributed by atoms with Gasteiger partial charge in [0.25, 0.3) is 0 Å². The smallest absolute Gasteiger partial charge is 0.394 e. The van der Waals surface area contributed by atoms with E-state index in [4.69, 9.17) is 35.8 Å². The summed E-state index contributed by atoms with van der Waals surface area (Å²) in [5, 5.41) is 45.9. The van der Waals surface area contributed by atoms with Crippen LogP contribution in [-0.2, 0) is 55.8 Å². The number of nitrogens with one attached hydrogen (secondary N) is 2. The molecule has 0 aromatic rings. The third kappa shape index (κ3) is 13.1. The molecule has 0 aromatic heterocycles. The Hall–Kier alpha value is -1.65. The van der Waals surface area contributed by atoms with Gasteiger partial charge in [0.1, 0.15) is 60.5 Å². The fourth-order valence-electron chi connectivity index (χ4n) is 5.00. The van der Waals surface area contributed by atoms with Crippen molar-refractivity contribution in [2.45, 2.75) is 128 Å². The zero-order valence-corrected chi connectivity index (χ0v) is 30.4. The van der Waals surface area contributed by atoms with Crippen molar-refractivity contribution in [2.24, 2.45) is 0 Å². The van der Waals surface area contributed by atoms with Crippen molar-refractivity contribution in [3.8, 4) is 0 Å². The van der Waals surface area contributed by atoms with E-state index < -0.39 is 119 Å². The van der Waals surface area contributed by atoms with E-state index in [1.807, 2.05) is 0 Å². The van der Waals surface area contributed by atoms with Crippen molar-refractivity contribution < 1.29 is 86.0 Å². The maximum atomic E-state index is 13.1. The molecule has 2 saturated heterocycles.